The molecule has 0 N–H and O–H groups in total. The van der Waals surface area contributed by atoms with Crippen LogP contribution in [0.2, 0.25) is 0 Å². The van der Waals surface area contributed by atoms with Gasteiger partial charge in [0.25, 0.3) is 0 Å². The van der Waals surface area contributed by atoms with E-state index in [2.05, 4.69) is 32.4 Å². The van der Waals surface area contributed by atoms with Gasteiger partial charge in [0, 0.05) is 6.92 Å². The Morgan fingerprint density at radius 1 is 0.444 bits per heavy atom. The normalized spacial score (nSPS) is 7.28. The highest BCUT2D eigenvalue weighted by molar-refractivity contribution is 6.42. The van der Waals surface area contributed by atoms with E-state index >= 15 is 0 Å². The number of esters is 1. The molecule has 0 saturated heterocycles. The molecule has 0 bridgehead atoms. The molecule has 0 amide bonds. The summed E-state index contributed by atoms with van der Waals surface area (Å²) in [6, 6.07) is 0. The molecule has 0 aromatic rings. The molecule has 0 rings (SSSR count). The number of halogens is 12. The number of hydrogen-bond acceptors (Lipinski definition) is 2. The van der Waals surface area contributed by atoms with Crippen LogP contribution in [0.1, 0.15) is 92.9 Å². The Bertz CT molecular complexity index is 204. The van der Waals surface area contributed by atoms with Gasteiger partial charge in [0.2, 0.25) is 0 Å². The van der Waals surface area contributed by atoms with Crippen molar-refractivity contribution < 1.29 is 9.53 Å². The molecule has 0 fully saturated rings. The maximum Gasteiger partial charge on any atom is 0.302 e. The fourth-order valence-electron chi connectivity index (χ4n) is 1.20. The van der Waals surface area contributed by atoms with Crippen molar-refractivity contribution in [2.24, 2.45) is 0 Å². The molecule has 0 atom stereocenters. The van der Waals surface area contributed by atoms with E-state index in [4.69, 9.17) is 139 Å². The van der Waals surface area contributed by atoms with E-state index in [1.807, 2.05) is 0 Å². The molecule has 0 unspecified atom stereocenters. The molecule has 232 valence electrons. The molecule has 0 spiro atoms. The topological polar surface area (TPSA) is 26.3 Å². The predicted octanol–water partition coefficient (Wildman–Crippen LogP) is 14.3. The monoisotopic (exact) mass is 764 g/mol. The van der Waals surface area contributed by atoms with Crippen molar-refractivity contribution in [2.75, 3.05) is 38.6 Å². The minimum Gasteiger partial charge on any atom is -0.466 e. The number of unbranched alkanes of at least 4 members (excludes halogenated alkanes) is 6. The van der Waals surface area contributed by atoms with Crippen molar-refractivity contribution in [3.63, 3.8) is 0 Å². The third kappa shape index (κ3) is 334. The molecular formula is C22H48Cl12O2. The van der Waals surface area contributed by atoms with Crippen molar-refractivity contribution >= 4 is 145 Å². The molecule has 0 radical (unpaired) electrons. The Balaban J connectivity index is -0.0000000333. The van der Waals surface area contributed by atoms with Crippen LogP contribution in [0, 0.1) is 0 Å². The summed E-state index contributed by atoms with van der Waals surface area (Å²) in [4.78, 5) is 9.82. The van der Waals surface area contributed by atoms with Crippen LogP contribution in [-0.2, 0) is 9.53 Å². The third-order valence-electron chi connectivity index (χ3n) is 2.26. The van der Waals surface area contributed by atoms with Gasteiger partial charge in [-0.2, -0.15) is 0 Å². The molecule has 0 saturated carbocycles. The lowest BCUT2D eigenvalue weighted by Crippen LogP contribution is -1.95. The van der Waals surface area contributed by atoms with Crippen LogP contribution >= 0.6 is 139 Å². The average molecular weight is 770 g/mol. The minimum atomic E-state index is -0.211. The first-order valence-corrected chi connectivity index (χ1v) is 17.4. The maximum atomic E-state index is 9.82. The molecule has 0 aliphatic rings. The molecular weight excluding hydrogens is 722 g/mol. The van der Waals surface area contributed by atoms with Crippen LogP contribution in [0.3, 0.4) is 0 Å². The third-order valence-corrected chi connectivity index (χ3v) is 2.26. The van der Waals surface area contributed by atoms with Gasteiger partial charge in [-0.25, -0.2) is 0 Å². The van der Waals surface area contributed by atoms with Crippen molar-refractivity contribution in [1.82, 2.24) is 0 Å². The van der Waals surface area contributed by atoms with Gasteiger partial charge in [0.15, 0.2) is 0 Å². The predicted molar refractivity (Wildman–Crippen MR) is 181 cm³/mol. The van der Waals surface area contributed by atoms with Crippen molar-refractivity contribution in [3.8, 4) is 0 Å². The van der Waals surface area contributed by atoms with Crippen LogP contribution in [0.4, 0.5) is 0 Å². The average Bonchev–Trinajstić information content (AvgIpc) is 2.80. The van der Waals surface area contributed by atoms with E-state index in [1.54, 1.807) is 6.92 Å². The first-order valence-electron chi connectivity index (χ1n) is 10.9. The van der Waals surface area contributed by atoms with Crippen LogP contribution in [0.15, 0.2) is 0 Å². The smallest absolute Gasteiger partial charge is 0.302 e. The van der Waals surface area contributed by atoms with E-state index in [1.165, 1.54) is 58.3 Å². The Morgan fingerprint density at radius 3 is 0.611 bits per heavy atom. The second kappa shape index (κ2) is 108. The molecule has 0 aliphatic heterocycles. The summed E-state index contributed by atoms with van der Waals surface area (Å²) >= 11 is 57.2. The Morgan fingerprint density at radius 2 is 0.583 bits per heavy atom. The van der Waals surface area contributed by atoms with Gasteiger partial charge < -0.3 is 4.74 Å². The SMILES string of the molecule is CCCCCC.CCCCCC.CCOC(C)=O.ClCCl.ClCCl.ClCCl.ClCCl.ClCCl.ClCCl. The number of hydrogen-bond donors (Lipinski definition) is 0. The summed E-state index contributed by atoms with van der Waals surface area (Å²) in [5, 5.41) is 1.17. The molecule has 36 heavy (non-hydrogen) atoms. The molecule has 0 heterocycles. The molecule has 0 aromatic heterocycles. The lowest BCUT2D eigenvalue weighted by atomic mass is 10.2. The van der Waals surface area contributed by atoms with Crippen molar-refractivity contribution in [1.29, 1.82) is 0 Å². The van der Waals surface area contributed by atoms with E-state index in [0.717, 1.165) is 0 Å². The summed E-state index contributed by atoms with van der Waals surface area (Å²) in [5.74, 6) is -0.211. The van der Waals surface area contributed by atoms with Gasteiger partial charge in [-0.15, -0.1) is 139 Å². The highest BCUT2D eigenvalue weighted by Gasteiger charge is 1.81. The number of rotatable bonds is 7. The fraction of sp³-hybridized carbons (Fsp3) is 0.955. The summed E-state index contributed by atoms with van der Waals surface area (Å²) in [7, 11) is 0. The molecule has 14 heteroatoms. The van der Waals surface area contributed by atoms with Gasteiger partial charge in [-0.05, 0) is 6.92 Å². The standard InChI is InChI=1S/2C6H14.C4H8O2.6CH2Cl2/c2*1-3-5-6-4-2;1-3-6-4(2)5;6*2-1-3/h2*3-6H2,1-2H3;3H2,1-2H3;6*1H2. The highest BCUT2D eigenvalue weighted by Crippen LogP contribution is 1.96. The summed E-state index contributed by atoms with van der Waals surface area (Å²) in [6.07, 6.45) is 11.1. The van der Waals surface area contributed by atoms with E-state index in [0.29, 0.717) is 6.61 Å². The van der Waals surface area contributed by atoms with E-state index in [-0.39, 0.29) is 38.0 Å². The Hall–Kier alpha value is 2.95. The highest BCUT2D eigenvalue weighted by atomic mass is 35.5. The number of carbonyl (C=O) groups is 1. The Kier molecular flexibility index (Phi) is 187. The van der Waals surface area contributed by atoms with Crippen molar-refractivity contribution in [3.05, 3.63) is 0 Å². The first-order chi connectivity index (χ1) is 17.1. The van der Waals surface area contributed by atoms with Gasteiger partial charge in [-0.3, -0.25) is 4.79 Å². The van der Waals surface area contributed by atoms with Crippen LogP contribution < -0.4 is 0 Å². The lowest BCUT2D eigenvalue weighted by Gasteiger charge is -1.89. The fourth-order valence-corrected chi connectivity index (χ4v) is 1.20. The van der Waals surface area contributed by atoms with Crippen LogP contribution in [0.25, 0.3) is 0 Å². The van der Waals surface area contributed by atoms with Crippen LogP contribution in [0.5, 0.6) is 0 Å². The first kappa shape index (κ1) is 62.5. The quantitative estimate of drug-likeness (QED) is 0.146. The molecule has 2 nitrogen and oxygen atoms in total. The number of ether oxygens (including phenoxy) is 1. The largest absolute Gasteiger partial charge is 0.466 e. The maximum absolute atomic E-state index is 9.82. The molecule has 0 aromatic carbocycles. The second-order valence-electron chi connectivity index (χ2n) is 4.94. The van der Waals surface area contributed by atoms with Crippen LogP contribution in [-0.4, -0.2) is 44.6 Å². The lowest BCUT2D eigenvalue weighted by molar-refractivity contribution is -0.140. The second-order valence-corrected chi connectivity index (χ2v) is 9.79. The van der Waals surface area contributed by atoms with Gasteiger partial charge in [0.1, 0.15) is 0 Å². The molecule has 0 aliphatic carbocycles. The van der Waals surface area contributed by atoms with Gasteiger partial charge in [0.05, 0.1) is 38.6 Å². The van der Waals surface area contributed by atoms with Gasteiger partial charge >= 0.3 is 5.97 Å². The van der Waals surface area contributed by atoms with E-state index < -0.39 is 0 Å². The summed E-state index contributed by atoms with van der Waals surface area (Å²) in [6.45, 7) is 12.6. The zero-order valence-corrected chi connectivity index (χ0v) is 31.5. The number of alkyl halides is 12. The van der Waals surface area contributed by atoms with E-state index in [9.17, 15) is 4.79 Å². The Labute approximate surface area is 283 Å². The zero-order valence-electron chi connectivity index (χ0n) is 22.5. The van der Waals surface area contributed by atoms with Gasteiger partial charge in [-0.1, -0.05) is 79.1 Å². The summed E-state index contributed by atoms with van der Waals surface area (Å²) in [5.41, 5.74) is 0. The summed E-state index contributed by atoms with van der Waals surface area (Å²) < 4.78 is 4.40. The zero-order chi connectivity index (χ0) is 30.9. The minimum absolute atomic E-state index is 0.194. The van der Waals surface area contributed by atoms with Crippen molar-refractivity contribution in [2.45, 2.75) is 92.9 Å². The number of carbonyl (C=O) groups excluding carboxylic acids is 1.